The molecule has 3 N–H and O–H groups in total. The van der Waals surface area contributed by atoms with Gasteiger partial charge < -0.3 is 25.2 Å². The Balaban J connectivity index is 0.000000566. The quantitative estimate of drug-likeness (QED) is 0.281. The van der Waals surface area contributed by atoms with Gasteiger partial charge in [-0.3, -0.25) is 4.90 Å². The second-order valence-electron chi connectivity index (χ2n) is 10.6. The molecule has 2 atom stereocenters. The third-order valence-corrected chi connectivity index (χ3v) is 7.42. The van der Waals surface area contributed by atoms with E-state index in [0.29, 0.717) is 34.5 Å². The average molecular weight is 630 g/mol. The standard InChI is InChI=1S/C27H32F3N5O2.C2HF3O2/c1-31-13-18-15-34(16-18)14-17-4-6-19(7-5-17)22-12-26-32-21(11-25(27(28,29)30)35(26)33-22)20-8-9-23(36-2)24(10-20)37-3;3-2(4,5)1(6)7/h4-10,12,18,21,25,31-32H,11,13-16H2,1-3H3;(H,6,7). The predicted molar refractivity (Wildman–Crippen MR) is 150 cm³/mol. The van der Waals surface area contributed by atoms with Crippen molar-refractivity contribution in [1.82, 2.24) is 20.0 Å². The molecule has 1 aromatic heterocycles. The smallest absolute Gasteiger partial charge is 0.490 e. The lowest BCUT2D eigenvalue weighted by atomic mass is 9.96. The minimum absolute atomic E-state index is 0.184. The van der Waals surface area contributed by atoms with Crippen LogP contribution in [0, 0.1) is 5.92 Å². The van der Waals surface area contributed by atoms with Gasteiger partial charge in [-0.2, -0.15) is 31.4 Å². The van der Waals surface area contributed by atoms with Crippen molar-refractivity contribution in [2.24, 2.45) is 5.92 Å². The number of aliphatic carboxylic acids is 1. The van der Waals surface area contributed by atoms with Crippen LogP contribution in [0.3, 0.4) is 0 Å². The van der Waals surface area contributed by atoms with E-state index in [1.807, 2.05) is 31.3 Å². The van der Waals surface area contributed by atoms with Gasteiger partial charge in [0.1, 0.15) is 5.82 Å². The molecule has 0 bridgehead atoms. The van der Waals surface area contributed by atoms with Crippen LogP contribution >= 0.6 is 0 Å². The first-order valence-corrected chi connectivity index (χ1v) is 13.6. The highest BCUT2D eigenvalue weighted by Gasteiger charge is 2.46. The molecule has 0 saturated carbocycles. The molecule has 44 heavy (non-hydrogen) atoms. The lowest BCUT2D eigenvalue weighted by molar-refractivity contribution is -0.192. The number of hydrogen-bond donors (Lipinski definition) is 3. The summed E-state index contributed by atoms with van der Waals surface area (Å²) in [7, 11) is 5.00. The van der Waals surface area contributed by atoms with Crippen LogP contribution in [0.5, 0.6) is 11.5 Å². The fourth-order valence-corrected chi connectivity index (χ4v) is 5.27. The summed E-state index contributed by atoms with van der Waals surface area (Å²) >= 11 is 0. The summed E-state index contributed by atoms with van der Waals surface area (Å²) in [4.78, 5) is 11.3. The van der Waals surface area contributed by atoms with Gasteiger partial charge in [-0.1, -0.05) is 30.3 Å². The fraction of sp³-hybridized carbons (Fsp3) is 0.448. The van der Waals surface area contributed by atoms with Gasteiger partial charge in [-0.25, -0.2) is 9.48 Å². The highest BCUT2D eigenvalue weighted by molar-refractivity contribution is 5.73. The van der Waals surface area contributed by atoms with Crippen molar-refractivity contribution >= 4 is 11.8 Å². The first-order chi connectivity index (χ1) is 20.7. The van der Waals surface area contributed by atoms with Crippen LogP contribution in [0.4, 0.5) is 32.2 Å². The molecule has 15 heteroatoms. The zero-order valence-electron chi connectivity index (χ0n) is 24.2. The Morgan fingerprint density at radius 2 is 1.66 bits per heavy atom. The molecule has 3 aromatic rings. The van der Waals surface area contributed by atoms with E-state index in [1.165, 1.54) is 19.8 Å². The van der Waals surface area contributed by atoms with Gasteiger partial charge in [0.15, 0.2) is 17.5 Å². The largest absolute Gasteiger partial charge is 0.493 e. The minimum Gasteiger partial charge on any atom is -0.493 e. The Bertz CT molecular complexity index is 1420. The number of nitrogens with one attached hydrogen (secondary N) is 2. The maximum Gasteiger partial charge on any atom is 0.490 e. The zero-order chi connectivity index (χ0) is 32.2. The summed E-state index contributed by atoms with van der Waals surface area (Å²) in [6.07, 6.45) is -9.71. The Morgan fingerprint density at radius 1 is 1.02 bits per heavy atom. The number of carboxylic acid groups (broad SMARTS) is 1. The number of rotatable bonds is 8. The van der Waals surface area contributed by atoms with Gasteiger partial charge in [0, 0.05) is 44.2 Å². The summed E-state index contributed by atoms with van der Waals surface area (Å²) in [5, 5.41) is 18.0. The molecule has 0 amide bonds. The topological polar surface area (TPSA) is 101 Å². The van der Waals surface area contributed by atoms with E-state index in [2.05, 4.69) is 20.6 Å². The highest BCUT2D eigenvalue weighted by atomic mass is 19.4. The van der Waals surface area contributed by atoms with Gasteiger partial charge in [-0.05, 0) is 36.2 Å². The average Bonchev–Trinajstić information content (AvgIpc) is 3.39. The van der Waals surface area contributed by atoms with Crippen LogP contribution in [-0.4, -0.2) is 79.0 Å². The van der Waals surface area contributed by atoms with Crippen molar-refractivity contribution in [1.29, 1.82) is 0 Å². The molecule has 240 valence electrons. The summed E-state index contributed by atoms with van der Waals surface area (Å²) < 4.78 is 85.8. The molecule has 9 nitrogen and oxygen atoms in total. The summed E-state index contributed by atoms with van der Waals surface area (Å²) in [6.45, 7) is 4.04. The van der Waals surface area contributed by atoms with Crippen molar-refractivity contribution in [3.05, 3.63) is 59.7 Å². The molecule has 0 spiro atoms. The lowest BCUT2D eigenvalue weighted by Gasteiger charge is -2.39. The van der Waals surface area contributed by atoms with Crippen molar-refractivity contribution in [3.63, 3.8) is 0 Å². The summed E-state index contributed by atoms with van der Waals surface area (Å²) in [6, 6.07) is 12.5. The number of ether oxygens (including phenoxy) is 2. The Hall–Kier alpha value is -3.98. The van der Waals surface area contributed by atoms with Gasteiger partial charge in [0.25, 0.3) is 0 Å². The Kier molecular flexibility index (Phi) is 9.98. The van der Waals surface area contributed by atoms with E-state index in [4.69, 9.17) is 19.4 Å². The zero-order valence-corrected chi connectivity index (χ0v) is 24.2. The molecule has 1 saturated heterocycles. The van der Waals surface area contributed by atoms with E-state index in [1.54, 1.807) is 24.3 Å². The van der Waals surface area contributed by atoms with Crippen molar-refractivity contribution in [2.75, 3.05) is 46.2 Å². The minimum atomic E-state index is -5.08. The van der Waals surface area contributed by atoms with Crippen molar-refractivity contribution < 1.29 is 45.7 Å². The molecule has 2 aliphatic heterocycles. The third-order valence-electron chi connectivity index (χ3n) is 7.42. The number of nitrogens with zero attached hydrogens (tertiary/aromatic N) is 3. The molecule has 2 aromatic carbocycles. The third kappa shape index (κ3) is 7.75. The van der Waals surface area contributed by atoms with E-state index >= 15 is 0 Å². The number of carboxylic acids is 1. The number of benzene rings is 2. The molecule has 0 radical (unpaired) electrons. The predicted octanol–water partition coefficient (Wildman–Crippen LogP) is 5.51. The Morgan fingerprint density at radius 3 is 2.20 bits per heavy atom. The number of hydrogen-bond acceptors (Lipinski definition) is 7. The van der Waals surface area contributed by atoms with Gasteiger partial charge in [0.05, 0.1) is 26.0 Å². The highest BCUT2D eigenvalue weighted by Crippen LogP contribution is 2.45. The molecule has 3 heterocycles. The van der Waals surface area contributed by atoms with Crippen molar-refractivity contribution in [3.8, 4) is 22.8 Å². The summed E-state index contributed by atoms with van der Waals surface area (Å²) in [5.41, 5.74) is 3.16. The van der Waals surface area contributed by atoms with E-state index < -0.39 is 30.4 Å². The van der Waals surface area contributed by atoms with E-state index in [9.17, 15) is 26.3 Å². The van der Waals surface area contributed by atoms with Crippen LogP contribution in [0.15, 0.2) is 48.5 Å². The number of methoxy groups -OCH3 is 2. The monoisotopic (exact) mass is 629 g/mol. The van der Waals surface area contributed by atoms with Crippen LogP contribution in [0.2, 0.25) is 0 Å². The molecule has 1 fully saturated rings. The first kappa shape index (κ1) is 32.9. The number of aromatic nitrogens is 2. The number of anilines is 1. The lowest BCUT2D eigenvalue weighted by Crippen LogP contribution is -2.49. The maximum absolute atomic E-state index is 14.1. The van der Waals surface area contributed by atoms with Gasteiger partial charge in [0.2, 0.25) is 0 Å². The van der Waals surface area contributed by atoms with Gasteiger partial charge in [-0.15, -0.1) is 0 Å². The van der Waals surface area contributed by atoms with E-state index in [-0.39, 0.29) is 6.42 Å². The fourth-order valence-electron chi connectivity index (χ4n) is 5.27. The first-order valence-electron chi connectivity index (χ1n) is 13.6. The maximum atomic E-state index is 14.1. The molecule has 5 rings (SSSR count). The Labute approximate surface area is 249 Å². The normalized spacial score (nSPS) is 18.8. The second-order valence-corrected chi connectivity index (χ2v) is 10.6. The van der Waals surface area contributed by atoms with Crippen LogP contribution in [0.25, 0.3) is 11.3 Å². The second kappa shape index (κ2) is 13.3. The molecule has 2 aliphatic rings. The molecular formula is C29H33F6N5O4. The number of likely N-dealkylation sites (tertiary alicyclic amines) is 1. The molecule has 0 aliphatic carbocycles. The van der Waals surface area contributed by atoms with Crippen LogP contribution in [0.1, 0.15) is 29.6 Å². The number of carbonyl (C=O) groups is 1. The van der Waals surface area contributed by atoms with Crippen molar-refractivity contribution in [2.45, 2.75) is 37.4 Å². The van der Waals surface area contributed by atoms with E-state index in [0.717, 1.165) is 36.4 Å². The summed E-state index contributed by atoms with van der Waals surface area (Å²) in [5.74, 6) is -0.729. The van der Waals surface area contributed by atoms with Crippen LogP contribution in [-0.2, 0) is 11.3 Å². The number of halogens is 6. The van der Waals surface area contributed by atoms with Crippen LogP contribution < -0.4 is 20.1 Å². The van der Waals surface area contributed by atoms with Gasteiger partial charge >= 0.3 is 18.3 Å². The SMILES string of the molecule is CNCC1CN(Cc2ccc(-c3cc4n(n3)C(C(F)(F)F)CC(c3ccc(OC)c(OC)c3)N4)cc2)C1.O=C(O)C(F)(F)F. The molecule has 2 unspecified atom stereocenters. The number of alkyl halides is 6. The molecular weight excluding hydrogens is 596 g/mol. The number of fused-ring (bicyclic) bond motifs is 1.